The number of H-pyrrole nitrogens is 2. The topological polar surface area (TPSA) is 187 Å². The molecule has 0 aliphatic heterocycles. The Balaban J connectivity index is 1.06. The van der Waals surface area contributed by atoms with Crippen molar-refractivity contribution in [2.45, 2.75) is 79.8 Å². The molecule has 60 heavy (non-hydrogen) atoms. The van der Waals surface area contributed by atoms with Gasteiger partial charge in [-0.1, -0.05) is 18.0 Å². The summed E-state index contributed by atoms with van der Waals surface area (Å²) in [6.07, 6.45) is 4.56. The predicted molar refractivity (Wildman–Crippen MR) is 229 cm³/mol. The lowest BCUT2D eigenvalue weighted by Gasteiger charge is -2.14. The molecule has 1 fully saturated rings. The van der Waals surface area contributed by atoms with Crippen molar-refractivity contribution in [1.82, 2.24) is 44.8 Å². The third-order valence-electron chi connectivity index (χ3n) is 11.9. The Labute approximate surface area is 344 Å². The fourth-order valence-electron chi connectivity index (χ4n) is 9.00. The van der Waals surface area contributed by atoms with Gasteiger partial charge in [0.1, 0.15) is 51.6 Å². The maximum absolute atomic E-state index is 6.51. The first-order valence-corrected chi connectivity index (χ1v) is 20.2. The first-order chi connectivity index (χ1) is 29.0. The molecule has 0 spiro atoms. The van der Waals surface area contributed by atoms with Crippen molar-refractivity contribution in [2.24, 2.45) is 7.05 Å². The number of aromatic nitrogens is 10. The lowest BCUT2D eigenvalue weighted by atomic mass is 10.0. The van der Waals surface area contributed by atoms with Crippen LogP contribution in [0, 0.1) is 41.5 Å². The van der Waals surface area contributed by atoms with Crippen LogP contribution in [0.3, 0.4) is 0 Å². The molecule has 10 rings (SSSR count). The number of ether oxygens (including phenoxy) is 2. The maximum Gasteiger partial charge on any atom is 0.252 e. The molecule has 0 bridgehead atoms. The van der Waals surface area contributed by atoms with E-state index in [9.17, 15) is 0 Å². The van der Waals surface area contributed by atoms with Crippen molar-refractivity contribution < 1.29 is 23.3 Å². The zero-order valence-electron chi connectivity index (χ0n) is 35.2. The van der Waals surface area contributed by atoms with Crippen LogP contribution in [-0.4, -0.2) is 65.1 Å². The van der Waals surface area contributed by atoms with Gasteiger partial charge in [-0.25, -0.2) is 24.5 Å². The average Bonchev–Trinajstić information content (AvgIpc) is 4.07. The van der Waals surface area contributed by atoms with E-state index in [1.54, 1.807) is 14.2 Å². The van der Waals surface area contributed by atoms with E-state index >= 15 is 0 Å². The van der Waals surface area contributed by atoms with E-state index in [0.717, 1.165) is 113 Å². The Bertz CT molecular complexity index is 3120. The molecule has 0 radical (unpaired) electrons. The molecule has 0 amide bonds. The predicted octanol–water partition coefficient (Wildman–Crippen LogP) is 8.49. The molecular formula is C44H47N12O4+. The lowest BCUT2D eigenvalue weighted by molar-refractivity contribution is -0.863. The number of fused-ring (bicyclic) bond motifs is 6. The zero-order chi connectivity index (χ0) is 41.6. The number of hydrogen-bond donors (Lipinski definition) is 4. The summed E-state index contributed by atoms with van der Waals surface area (Å²) in [6, 6.07) is 10.6. The molecule has 0 unspecified atom stereocenters. The number of nitrogens with one attached hydrogen (secondary N) is 4. The van der Waals surface area contributed by atoms with Crippen LogP contribution in [-0.2, 0) is 13.6 Å². The second-order valence-electron chi connectivity index (χ2n) is 15.9. The van der Waals surface area contributed by atoms with Gasteiger partial charge in [0.2, 0.25) is 11.5 Å². The van der Waals surface area contributed by atoms with E-state index < -0.39 is 0 Å². The first-order valence-electron chi connectivity index (χ1n) is 20.2. The monoisotopic (exact) mass is 807 g/mol. The number of rotatable bonds is 10. The Hall–Kier alpha value is -6.97. The molecule has 7 aromatic heterocycles. The third-order valence-corrected chi connectivity index (χ3v) is 11.9. The highest BCUT2D eigenvalue weighted by Gasteiger charge is 2.30. The minimum atomic E-state index is 0.304. The molecule has 16 nitrogen and oxygen atoms in total. The smallest absolute Gasteiger partial charge is 0.252 e. The summed E-state index contributed by atoms with van der Waals surface area (Å²) in [6.45, 7) is 12.1. The molecule has 1 aliphatic rings. The molecule has 1 saturated carbocycles. The van der Waals surface area contributed by atoms with Crippen LogP contribution >= 0.6 is 0 Å². The number of aryl methyl sites for hydroxylation is 6. The van der Waals surface area contributed by atoms with Gasteiger partial charge in [0.25, 0.3) is 6.54 Å². The molecule has 7 heterocycles. The maximum atomic E-state index is 6.51. The highest BCUT2D eigenvalue weighted by molar-refractivity contribution is 6.14. The number of nitrogens with zero attached hydrogens (tertiary/aromatic N) is 8. The highest BCUT2D eigenvalue weighted by Crippen LogP contribution is 2.43. The van der Waals surface area contributed by atoms with Crippen LogP contribution in [0.15, 0.2) is 39.4 Å². The summed E-state index contributed by atoms with van der Waals surface area (Å²) in [4.78, 5) is 27.0. The summed E-state index contributed by atoms with van der Waals surface area (Å²) in [5, 5.41) is 19.7. The number of aromatic amines is 2. The van der Waals surface area contributed by atoms with Gasteiger partial charge in [-0.05, 0) is 69.5 Å². The number of methoxy groups -OCH3 is 2. The SMILES string of the molecule is COc1cc2c(cc1-c1c(C)noc1C)[nH]c1nc(C[n+]3oc(C)c(-c4cc5[nH]c6nc(C)nc(Nc7cc(C)n(C)n7)c6c5cc4OC)c3C)nc(NC3CCCC3)c12. The van der Waals surface area contributed by atoms with Crippen LogP contribution in [0.4, 0.5) is 17.5 Å². The largest absolute Gasteiger partial charge is 0.496 e. The molecule has 4 N–H and O–H groups in total. The Morgan fingerprint density at radius 1 is 0.783 bits per heavy atom. The fourth-order valence-corrected chi connectivity index (χ4v) is 9.00. The van der Waals surface area contributed by atoms with E-state index in [-0.39, 0.29) is 0 Å². The van der Waals surface area contributed by atoms with Crippen molar-refractivity contribution in [3.63, 3.8) is 0 Å². The second kappa shape index (κ2) is 14.1. The van der Waals surface area contributed by atoms with Crippen LogP contribution in [0.5, 0.6) is 11.5 Å². The molecule has 0 saturated heterocycles. The number of hydrogen-bond acceptors (Lipinski definition) is 12. The van der Waals surface area contributed by atoms with E-state index in [0.29, 0.717) is 47.3 Å². The van der Waals surface area contributed by atoms with Gasteiger partial charge >= 0.3 is 0 Å². The quantitative estimate of drug-likeness (QED) is 0.0967. The Morgan fingerprint density at radius 3 is 2.05 bits per heavy atom. The first kappa shape index (κ1) is 37.3. The summed E-state index contributed by atoms with van der Waals surface area (Å²) in [5.41, 5.74) is 9.60. The Morgan fingerprint density at radius 2 is 1.43 bits per heavy atom. The molecule has 9 aromatic rings. The van der Waals surface area contributed by atoms with E-state index in [2.05, 4.69) is 49.1 Å². The van der Waals surface area contributed by atoms with Gasteiger partial charge in [-0.3, -0.25) is 4.68 Å². The molecule has 2 aromatic carbocycles. The molecule has 1 aliphatic carbocycles. The molecule has 306 valence electrons. The van der Waals surface area contributed by atoms with Crippen LogP contribution in [0.1, 0.15) is 65.9 Å². The van der Waals surface area contributed by atoms with Gasteiger partial charge in [0.15, 0.2) is 11.6 Å². The lowest BCUT2D eigenvalue weighted by Crippen LogP contribution is -2.36. The molecular weight excluding hydrogens is 761 g/mol. The standard InChI is InChI=1S/C44H47N12O4/c1-20-14-35(53-55(20)7)50-42-39-27-18-34(58-9)30(16-32(27)48-41(39)45-25(6)46-42)38-22(3)56(60-24(38)5)19-36-51-43(47-26-12-10-11-13-26)40-28-17-33(57-8)29(15-31(28)49-44(40)52-36)37-21(2)54-59-23(37)4/h14-18,26H,10-13,19H2,1-9H3,(H2,47,49,51,52)(H2,45,46,48,50,53)/q+1. The molecule has 16 heteroatoms. The summed E-state index contributed by atoms with van der Waals surface area (Å²) in [7, 11) is 5.29. The van der Waals surface area contributed by atoms with Crippen LogP contribution in [0.2, 0.25) is 0 Å². The van der Waals surface area contributed by atoms with E-state index in [4.69, 9.17) is 38.5 Å². The summed E-state index contributed by atoms with van der Waals surface area (Å²) >= 11 is 0. The molecule has 0 atom stereocenters. The van der Waals surface area contributed by atoms with Crippen molar-refractivity contribution in [1.29, 1.82) is 0 Å². The van der Waals surface area contributed by atoms with Crippen molar-refractivity contribution in [2.75, 3.05) is 24.9 Å². The van der Waals surface area contributed by atoms with Gasteiger partial charge in [0.05, 0.1) is 36.2 Å². The minimum absolute atomic E-state index is 0.304. The zero-order valence-corrected chi connectivity index (χ0v) is 35.2. The van der Waals surface area contributed by atoms with Gasteiger partial charge in [0, 0.05) is 71.6 Å². The minimum Gasteiger partial charge on any atom is -0.496 e. The normalized spacial score (nSPS) is 13.5. The van der Waals surface area contributed by atoms with Crippen LogP contribution < -0.4 is 24.8 Å². The number of benzene rings is 2. The average molecular weight is 808 g/mol. The number of anilines is 3. The van der Waals surface area contributed by atoms with Crippen molar-refractivity contribution in [3.8, 4) is 33.8 Å². The summed E-state index contributed by atoms with van der Waals surface area (Å²) < 4.78 is 27.8. The van der Waals surface area contributed by atoms with Crippen molar-refractivity contribution >= 4 is 61.3 Å². The summed E-state index contributed by atoms with van der Waals surface area (Å²) in [5.74, 6) is 6.28. The second-order valence-corrected chi connectivity index (χ2v) is 15.9. The van der Waals surface area contributed by atoms with Gasteiger partial charge < -0.3 is 34.6 Å². The van der Waals surface area contributed by atoms with Gasteiger partial charge in [-0.15, -0.1) is 0 Å². The van der Waals surface area contributed by atoms with E-state index in [1.165, 1.54) is 12.8 Å². The van der Waals surface area contributed by atoms with Crippen LogP contribution in [0.25, 0.3) is 66.1 Å². The van der Waals surface area contributed by atoms with E-state index in [1.807, 2.05) is 70.1 Å². The fraction of sp³-hybridized carbons (Fsp3) is 0.341. The highest BCUT2D eigenvalue weighted by atomic mass is 16.5. The van der Waals surface area contributed by atoms with Crippen molar-refractivity contribution in [3.05, 3.63) is 70.6 Å². The van der Waals surface area contributed by atoms with Gasteiger partial charge in [-0.2, -0.15) is 5.10 Å². The third kappa shape index (κ3) is 6.07. The Kier molecular flexibility index (Phi) is 8.77.